The lowest BCUT2D eigenvalue weighted by Gasteiger charge is -2.10. The molecule has 0 spiro atoms. The zero-order valence-corrected chi connectivity index (χ0v) is 14.6. The van der Waals surface area contributed by atoms with E-state index in [0.29, 0.717) is 22.2 Å². The number of benzene rings is 1. The van der Waals surface area contributed by atoms with Gasteiger partial charge in [0.15, 0.2) is 0 Å². The minimum absolute atomic E-state index is 0.0999. The van der Waals surface area contributed by atoms with Crippen LogP contribution >= 0.6 is 0 Å². The van der Waals surface area contributed by atoms with Gasteiger partial charge >= 0.3 is 6.18 Å². The summed E-state index contributed by atoms with van der Waals surface area (Å²) >= 11 is 0. The summed E-state index contributed by atoms with van der Waals surface area (Å²) < 4.78 is 77.2. The predicted molar refractivity (Wildman–Crippen MR) is 90.6 cm³/mol. The Kier molecular flexibility index (Phi) is 4.94. The highest BCUT2D eigenvalue weighted by atomic mass is 32.2. The Balaban J connectivity index is 1.86. The van der Waals surface area contributed by atoms with Crippen molar-refractivity contribution in [3.63, 3.8) is 0 Å². The van der Waals surface area contributed by atoms with Crippen LogP contribution in [-0.4, -0.2) is 23.3 Å². The summed E-state index contributed by atoms with van der Waals surface area (Å²) in [5.74, 6) is -2.29. The number of hydrogen-bond acceptors (Lipinski definition) is 4. The lowest BCUT2D eigenvalue weighted by atomic mass is 10.2. The summed E-state index contributed by atoms with van der Waals surface area (Å²) in [6, 6.07) is 7.24. The number of nitrogens with one attached hydrogen (secondary N) is 1. The van der Waals surface area contributed by atoms with E-state index in [-0.39, 0.29) is 11.4 Å². The molecule has 2 heterocycles. The first-order chi connectivity index (χ1) is 13.1. The van der Waals surface area contributed by atoms with Crippen LogP contribution in [-0.2, 0) is 16.2 Å². The molecular weight excluding hydrogens is 402 g/mol. The van der Waals surface area contributed by atoms with Crippen molar-refractivity contribution >= 4 is 21.6 Å². The molecular formula is C17H11F4N3O3S. The summed E-state index contributed by atoms with van der Waals surface area (Å²) in [4.78, 5) is 15.2. The molecule has 146 valence electrons. The Morgan fingerprint density at radius 3 is 2.46 bits per heavy atom. The van der Waals surface area contributed by atoms with E-state index in [0.717, 1.165) is 12.4 Å². The molecule has 0 aliphatic heterocycles. The molecule has 3 aromatic rings. The molecule has 6 nitrogen and oxygen atoms in total. The number of carbonyl (C=O) groups is 1. The summed E-state index contributed by atoms with van der Waals surface area (Å²) in [5.41, 5.74) is -1.36. The van der Waals surface area contributed by atoms with Crippen LogP contribution in [0.4, 0.5) is 23.2 Å². The molecule has 2 aromatic heterocycles. The van der Waals surface area contributed by atoms with Crippen LogP contribution in [0.25, 0.3) is 0 Å². The van der Waals surface area contributed by atoms with Gasteiger partial charge in [-0.25, -0.2) is 16.8 Å². The molecule has 0 fully saturated rings. The van der Waals surface area contributed by atoms with Crippen molar-refractivity contribution in [2.45, 2.75) is 11.1 Å². The second-order valence-corrected chi connectivity index (χ2v) is 7.39. The number of aromatic nitrogens is 2. The van der Waals surface area contributed by atoms with Gasteiger partial charge in [0.25, 0.3) is 15.9 Å². The first-order valence-electron chi connectivity index (χ1n) is 7.62. The number of amides is 1. The Labute approximate surface area is 156 Å². The molecule has 0 unspecified atom stereocenters. The standard InChI is InChI=1S/C17H11F4N3O3S/c18-14-9-12(4-5-13(14)17(19,20)21)28(26,27)24-8-6-11(10-24)23-16(25)15-3-1-2-7-22-15/h1-10H,(H,23,25). The van der Waals surface area contributed by atoms with Crippen molar-refractivity contribution in [1.29, 1.82) is 0 Å². The number of halogens is 4. The fourth-order valence-corrected chi connectivity index (χ4v) is 3.51. The maximum Gasteiger partial charge on any atom is 0.419 e. The van der Waals surface area contributed by atoms with Crippen molar-refractivity contribution in [3.8, 4) is 0 Å². The highest BCUT2D eigenvalue weighted by Crippen LogP contribution is 2.32. The van der Waals surface area contributed by atoms with Gasteiger partial charge in [0.1, 0.15) is 11.5 Å². The maximum atomic E-state index is 13.7. The van der Waals surface area contributed by atoms with Crippen LogP contribution in [0.3, 0.4) is 0 Å². The van der Waals surface area contributed by atoms with Gasteiger partial charge in [0, 0.05) is 18.6 Å². The van der Waals surface area contributed by atoms with E-state index in [1.165, 1.54) is 18.3 Å². The zero-order valence-electron chi connectivity index (χ0n) is 13.8. The molecule has 0 saturated heterocycles. The number of rotatable bonds is 4. The second kappa shape index (κ2) is 7.08. The highest BCUT2D eigenvalue weighted by molar-refractivity contribution is 7.90. The molecule has 0 atom stereocenters. The third-order valence-electron chi connectivity index (χ3n) is 3.64. The molecule has 0 bridgehead atoms. The quantitative estimate of drug-likeness (QED) is 0.664. The van der Waals surface area contributed by atoms with E-state index in [9.17, 15) is 30.8 Å². The van der Waals surface area contributed by atoms with Gasteiger partial charge in [0.2, 0.25) is 0 Å². The SMILES string of the molecule is O=C(Nc1ccn(S(=O)(=O)c2ccc(C(F)(F)F)c(F)c2)c1)c1ccccn1. The maximum absolute atomic E-state index is 13.7. The summed E-state index contributed by atoms with van der Waals surface area (Å²) in [6.07, 6.45) is -1.43. The molecule has 0 aliphatic carbocycles. The van der Waals surface area contributed by atoms with Gasteiger partial charge in [-0.3, -0.25) is 9.78 Å². The van der Waals surface area contributed by atoms with E-state index in [4.69, 9.17) is 0 Å². The highest BCUT2D eigenvalue weighted by Gasteiger charge is 2.34. The minimum atomic E-state index is -4.94. The van der Waals surface area contributed by atoms with Crippen LogP contribution in [0.5, 0.6) is 0 Å². The average molecular weight is 413 g/mol. The van der Waals surface area contributed by atoms with E-state index < -0.39 is 38.4 Å². The van der Waals surface area contributed by atoms with Gasteiger partial charge in [-0.1, -0.05) is 6.07 Å². The van der Waals surface area contributed by atoms with Crippen molar-refractivity contribution in [2.75, 3.05) is 5.32 Å². The molecule has 1 N–H and O–H groups in total. The third kappa shape index (κ3) is 3.88. The van der Waals surface area contributed by atoms with E-state index in [1.54, 1.807) is 12.1 Å². The fourth-order valence-electron chi connectivity index (χ4n) is 2.30. The number of alkyl halides is 3. The van der Waals surface area contributed by atoms with Crippen molar-refractivity contribution in [3.05, 3.63) is 78.1 Å². The number of carbonyl (C=O) groups excluding carboxylic acids is 1. The van der Waals surface area contributed by atoms with Crippen molar-refractivity contribution < 1.29 is 30.8 Å². The van der Waals surface area contributed by atoms with E-state index in [1.807, 2.05) is 0 Å². The Hall–Kier alpha value is -3.21. The molecule has 28 heavy (non-hydrogen) atoms. The monoisotopic (exact) mass is 413 g/mol. The molecule has 1 amide bonds. The van der Waals surface area contributed by atoms with Crippen LogP contribution < -0.4 is 5.32 Å². The molecule has 0 radical (unpaired) electrons. The molecule has 3 rings (SSSR count). The Morgan fingerprint density at radius 1 is 1.11 bits per heavy atom. The van der Waals surface area contributed by atoms with Gasteiger partial charge in [0.05, 0.1) is 16.1 Å². The first-order valence-corrected chi connectivity index (χ1v) is 9.06. The van der Waals surface area contributed by atoms with Gasteiger partial charge in [-0.15, -0.1) is 0 Å². The van der Waals surface area contributed by atoms with Crippen LogP contribution in [0.2, 0.25) is 0 Å². The Bertz CT molecular complexity index is 1130. The van der Waals surface area contributed by atoms with E-state index >= 15 is 0 Å². The number of hydrogen-bond donors (Lipinski definition) is 1. The van der Waals surface area contributed by atoms with Crippen LogP contribution in [0, 0.1) is 5.82 Å². The molecule has 0 aliphatic rings. The summed E-state index contributed by atoms with van der Waals surface area (Å²) in [5, 5.41) is 2.43. The first kappa shape index (κ1) is 19.5. The predicted octanol–water partition coefficient (Wildman–Crippen LogP) is 3.53. The number of nitrogens with zero attached hydrogens (tertiary/aromatic N) is 2. The minimum Gasteiger partial charge on any atom is -0.319 e. The lowest BCUT2D eigenvalue weighted by Crippen LogP contribution is -2.15. The number of anilines is 1. The largest absolute Gasteiger partial charge is 0.419 e. The zero-order chi connectivity index (χ0) is 20.5. The smallest absolute Gasteiger partial charge is 0.319 e. The topological polar surface area (TPSA) is 81.1 Å². The third-order valence-corrected chi connectivity index (χ3v) is 5.28. The van der Waals surface area contributed by atoms with E-state index in [2.05, 4.69) is 10.3 Å². The summed E-state index contributed by atoms with van der Waals surface area (Å²) in [7, 11) is -4.36. The summed E-state index contributed by atoms with van der Waals surface area (Å²) in [6.45, 7) is 0. The molecule has 0 saturated carbocycles. The molecule has 1 aromatic carbocycles. The average Bonchev–Trinajstić information content (AvgIpc) is 3.10. The van der Waals surface area contributed by atoms with Gasteiger partial charge in [-0.05, 0) is 36.4 Å². The van der Waals surface area contributed by atoms with Crippen molar-refractivity contribution in [2.24, 2.45) is 0 Å². The van der Waals surface area contributed by atoms with Crippen LogP contribution in [0.1, 0.15) is 16.1 Å². The molecule has 11 heteroatoms. The Morgan fingerprint density at radius 2 is 1.86 bits per heavy atom. The lowest BCUT2D eigenvalue weighted by molar-refractivity contribution is -0.140. The van der Waals surface area contributed by atoms with Crippen LogP contribution in [0.15, 0.2) is 66.0 Å². The van der Waals surface area contributed by atoms with Gasteiger partial charge < -0.3 is 5.32 Å². The number of pyridine rings is 1. The fraction of sp³-hybridized carbons (Fsp3) is 0.0588. The second-order valence-electron chi connectivity index (χ2n) is 5.54. The van der Waals surface area contributed by atoms with Crippen molar-refractivity contribution in [1.82, 2.24) is 8.96 Å². The normalized spacial score (nSPS) is 12.0. The van der Waals surface area contributed by atoms with Gasteiger partial charge in [-0.2, -0.15) is 13.2 Å².